The van der Waals surface area contributed by atoms with E-state index in [1.165, 1.54) is 30.5 Å². The van der Waals surface area contributed by atoms with Crippen molar-refractivity contribution in [1.82, 2.24) is 15.3 Å². The predicted octanol–water partition coefficient (Wildman–Crippen LogP) is 1.90. The van der Waals surface area contributed by atoms with E-state index in [9.17, 15) is 14.9 Å². The van der Waals surface area contributed by atoms with Gasteiger partial charge in [-0.25, -0.2) is 9.97 Å². The number of hydrogen-bond donors (Lipinski definition) is 1. The fourth-order valence-electron chi connectivity index (χ4n) is 3.06. The van der Waals surface area contributed by atoms with E-state index < -0.39 is 4.92 Å². The molecule has 0 aliphatic carbocycles. The fourth-order valence-corrected chi connectivity index (χ4v) is 3.06. The van der Waals surface area contributed by atoms with Crippen molar-refractivity contribution in [2.24, 2.45) is 5.92 Å². The van der Waals surface area contributed by atoms with Crippen LogP contribution in [0.4, 0.5) is 11.5 Å². The van der Waals surface area contributed by atoms with Gasteiger partial charge in [-0.3, -0.25) is 14.9 Å². The topological polar surface area (TPSA) is 125 Å². The first kappa shape index (κ1) is 18.3. The molecule has 3 rings (SSSR count). The lowest BCUT2D eigenvalue weighted by Crippen LogP contribution is -2.39. The second kappa shape index (κ2) is 8.23. The number of nitriles is 1. The van der Waals surface area contributed by atoms with Gasteiger partial charge in [-0.15, -0.1) is 0 Å². The summed E-state index contributed by atoms with van der Waals surface area (Å²) in [4.78, 5) is 32.7. The standard InChI is InChI=1S/C18H18N6O3/c19-11-16-17(21-8-7-20-16)23-9-5-13(6-10-23)12-22-18(25)14-1-3-15(4-2-14)24(26)27/h1-4,7-8,13H,5-6,9-10,12H2,(H,22,25). The molecule has 1 N–H and O–H groups in total. The van der Waals surface area contributed by atoms with Gasteiger partial charge < -0.3 is 10.2 Å². The smallest absolute Gasteiger partial charge is 0.269 e. The highest BCUT2D eigenvalue weighted by Crippen LogP contribution is 2.23. The lowest BCUT2D eigenvalue weighted by atomic mass is 9.96. The summed E-state index contributed by atoms with van der Waals surface area (Å²) in [5, 5.41) is 22.7. The number of rotatable bonds is 5. The van der Waals surface area contributed by atoms with Crippen LogP contribution in [0, 0.1) is 27.4 Å². The highest BCUT2D eigenvalue weighted by Gasteiger charge is 2.23. The molecule has 0 bridgehead atoms. The summed E-state index contributed by atoms with van der Waals surface area (Å²) in [6.45, 7) is 2.02. The molecule has 2 aromatic rings. The van der Waals surface area contributed by atoms with Crippen molar-refractivity contribution in [3.05, 3.63) is 58.0 Å². The minimum Gasteiger partial charge on any atom is -0.354 e. The normalized spacial score (nSPS) is 14.4. The quantitative estimate of drug-likeness (QED) is 0.633. The van der Waals surface area contributed by atoms with Gasteiger partial charge in [0.15, 0.2) is 11.5 Å². The number of anilines is 1. The van der Waals surface area contributed by atoms with Gasteiger partial charge in [0.25, 0.3) is 11.6 Å². The van der Waals surface area contributed by atoms with Crippen LogP contribution in [0.5, 0.6) is 0 Å². The zero-order valence-electron chi connectivity index (χ0n) is 14.5. The number of amides is 1. The predicted molar refractivity (Wildman–Crippen MR) is 97.1 cm³/mol. The molecule has 0 atom stereocenters. The third-order valence-electron chi connectivity index (χ3n) is 4.59. The van der Waals surface area contributed by atoms with E-state index in [4.69, 9.17) is 5.26 Å². The molecule has 27 heavy (non-hydrogen) atoms. The Bertz CT molecular complexity index is 869. The van der Waals surface area contributed by atoms with Crippen LogP contribution < -0.4 is 10.2 Å². The Kier molecular flexibility index (Phi) is 5.56. The Hall–Kier alpha value is -3.54. The Balaban J connectivity index is 1.50. The van der Waals surface area contributed by atoms with Gasteiger partial charge >= 0.3 is 0 Å². The average Bonchev–Trinajstić information content (AvgIpc) is 2.72. The van der Waals surface area contributed by atoms with Crippen LogP contribution in [-0.2, 0) is 0 Å². The van der Waals surface area contributed by atoms with E-state index >= 15 is 0 Å². The first-order valence-electron chi connectivity index (χ1n) is 8.57. The highest BCUT2D eigenvalue weighted by molar-refractivity contribution is 5.94. The molecule has 0 saturated carbocycles. The highest BCUT2D eigenvalue weighted by atomic mass is 16.6. The van der Waals surface area contributed by atoms with E-state index in [0.717, 1.165) is 25.9 Å². The van der Waals surface area contributed by atoms with E-state index in [1.807, 2.05) is 4.90 Å². The molecule has 0 spiro atoms. The monoisotopic (exact) mass is 366 g/mol. The SMILES string of the molecule is N#Cc1nccnc1N1CCC(CNC(=O)c2ccc([N+](=O)[O-])cc2)CC1. The van der Waals surface area contributed by atoms with E-state index in [1.54, 1.807) is 6.20 Å². The molecule has 1 aromatic carbocycles. The third-order valence-corrected chi connectivity index (χ3v) is 4.59. The Labute approximate surface area is 155 Å². The minimum atomic E-state index is -0.496. The molecule has 1 aromatic heterocycles. The summed E-state index contributed by atoms with van der Waals surface area (Å²) in [5.41, 5.74) is 0.679. The Morgan fingerprint density at radius 3 is 2.56 bits per heavy atom. The van der Waals surface area contributed by atoms with E-state index in [2.05, 4.69) is 21.4 Å². The van der Waals surface area contributed by atoms with Gasteiger partial charge in [-0.1, -0.05) is 0 Å². The number of nitrogens with zero attached hydrogens (tertiary/aromatic N) is 5. The lowest BCUT2D eigenvalue weighted by molar-refractivity contribution is -0.384. The second-order valence-corrected chi connectivity index (χ2v) is 6.28. The molecule has 2 heterocycles. The number of nitro benzene ring substituents is 1. The van der Waals surface area contributed by atoms with Gasteiger partial charge in [0.05, 0.1) is 4.92 Å². The maximum Gasteiger partial charge on any atom is 0.269 e. The van der Waals surface area contributed by atoms with Crippen LogP contribution in [0.1, 0.15) is 28.9 Å². The maximum absolute atomic E-state index is 12.2. The number of carbonyl (C=O) groups excluding carboxylic acids is 1. The van der Waals surface area contributed by atoms with Crippen molar-refractivity contribution in [3.63, 3.8) is 0 Å². The number of nitro groups is 1. The molecule has 9 heteroatoms. The molecular weight excluding hydrogens is 348 g/mol. The number of carbonyl (C=O) groups is 1. The van der Waals surface area contributed by atoms with Crippen LogP contribution >= 0.6 is 0 Å². The Morgan fingerprint density at radius 2 is 1.93 bits per heavy atom. The molecule has 9 nitrogen and oxygen atoms in total. The summed E-state index contributed by atoms with van der Waals surface area (Å²) < 4.78 is 0. The molecule has 1 aliphatic heterocycles. The van der Waals surface area contributed by atoms with Gasteiger partial charge in [-0.2, -0.15) is 5.26 Å². The number of hydrogen-bond acceptors (Lipinski definition) is 7. The van der Waals surface area contributed by atoms with Crippen molar-refractivity contribution >= 4 is 17.4 Å². The van der Waals surface area contributed by atoms with E-state index in [0.29, 0.717) is 29.5 Å². The Morgan fingerprint density at radius 1 is 1.26 bits per heavy atom. The zero-order valence-corrected chi connectivity index (χ0v) is 14.5. The summed E-state index contributed by atoms with van der Waals surface area (Å²) in [5.74, 6) is 0.687. The zero-order chi connectivity index (χ0) is 19.2. The first-order chi connectivity index (χ1) is 13.1. The van der Waals surface area contributed by atoms with Crippen LogP contribution in [0.3, 0.4) is 0 Å². The van der Waals surface area contributed by atoms with Crippen molar-refractivity contribution in [1.29, 1.82) is 5.26 Å². The fraction of sp³-hybridized carbons (Fsp3) is 0.333. The van der Waals surface area contributed by atoms with Gasteiger partial charge in [0, 0.05) is 49.7 Å². The molecule has 1 amide bonds. The maximum atomic E-state index is 12.2. The van der Waals surface area contributed by atoms with Gasteiger partial charge in [0.1, 0.15) is 6.07 Å². The lowest BCUT2D eigenvalue weighted by Gasteiger charge is -2.32. The average molecular weight is 366 g/mol. The molecule has 1 aliphatic rings. The third kappa shape index (κ3) is 4.36. The molecule has 0 radical (unpaired) electrons. The molecular formula is C18H18N6O3. The van der Waals surface area contributed by atoms with Crippen molar-refractivity contribution < 1.29 is 9.72 Å². The number of non-ortho nitro benzene ring substituents is 1. The second-order valence-electron chi connectivity index (χ2n) is 6.28. The summed E-state index contributed by atoms with van der Waals surface area (Å²) in [6, 6.07) is 7.60. The number of benzene rings is 1. The first-order valence-corrected chi connectivity index (χ1v) is 8.57. The van der Waals surface area contributed by atoms with Crippen LogP contribution in [0.2, 0.25) is 0 Å². The summed E-state index contributed by atoms with van der Waals surface area (Å²) in [6.07, 6.45) is 4.80. The molecule has 1 fully saturated rings. The van der Waals surface area contributed by atoms with E-state index in [-0.39, 0.29) is 11.6 Å². The number of piperidine rings is 1. The minimum absolute atomic E-state index is 0.0420. The molecule has 1 saturated heterocycles. The van der Waals surface area contributed by atoms with Gasteiger partial charge in [-0.05, 0) is 30.9 Å². The van der Waals surface area contributed by atoms with Crippen LogP contribution in [0.15, 0.2) is 36.7 Å². The molecule has 0 unspecified atom stereocenters. The number of aromatic nitrogens is 2. The largest absolute Gasteiger partial charge is 0.354 e. The van der Waals surface area contributed by atoms with Crippen LogP contribution in [0.25, 0.3) is 0 Å². The van der Waals surface area contributed by atoms with Crippen molar-refractivity contribution in [2.45, 2.75) is 12.8 Å². The molecule has 138 valence electrons. The number of nitrogens with one attached hydrogen (secondary N) is 1. The van der Waals surface area contributed by atoms with Crippen LogP contribution in [-0.4, -0.2) is 40.4 Å². The van der Waals surface area contributed by atoms with Crippen molar-refractivity contribution in [3.8, 4) is 6.07 Å². The van der Waals surface area contributed by atoms with Gasteiger partial charge in [0.2, 0.25) is 0 Å². The van der Waals surface area contributed by atoms with Crippen molar-refractivity contribution in [2.75, 3.05) is 24.5 Å². The summed E-state index contributed by atoms with van der Waals surface area (Å²) in [7, 11) is 0. The summed E-state index contributed by atoms with van der Waals surface area (Å²) >= 11 is 0.